The molecule has 0 spiro atoms. The molecule has 0 aliphatic carbocycles. The van der Waals surface area contributed by atoms with Crippen LogP contribution in [-0.2, 0) is 17.7 Å². The van der Waals surface area contributed by atoms with Crippen LogP contribution in [0.1, 0.15) is 38.3 Å². The Morgan fingerprint density at radius 1 is 1.10 bits per heavy atom. The van der Waals surface area contributed by atoms with E-state index >= 15 is 0 Å². The molecule has 8 nitrogen and oxygen atoms in total. The molecule has 2 rings (SSSR count). The van der Waals surface area contributed by atoms with Crippen molar-refractivity contribution in [2.24, 2.45) is 4.99 Å². The van der Waals surface area contributed by atoms with Gasteiger partial charge in [0.2, 0.25) is 0 Å². The zero-order valence-corrected chi connectivity index (χ0v) is 21.2. The Balaban J connectivity index is 0.00000450. The van der Waals surface area contributed by atoms with Crippen molar-refractivity contribution in [1.82, 2.24) is 15.5 Å². The number of benzene rings is 1. The monoisotopic (exact) mass is 534 g/mol. The van der Waals surface area contributed by atoms with Gasteiger partial charge >= 0.3 is 6.09 Å². The van der Waals surface area contributed by atoms with E-state index in [1.165, 1.54) is 11.1 Å². The van der Waals surface area contributed by atoms with E-state index in [1.54, 1.807) is 21.3 Å². The van der Waals surface area contributed by atoms with E-state index in [9.17, 15) is 4.79 Å². The molecule has 0 saturated heterocycles. The summed E-state index contributed by atoms with van der Waals surface area (Å²) >= 11 is 0. The number of hydrogen-bond acceptors (Lipinski definition) is 5. The number of hydrogen-bond donors (Lipinski definition) is 2. The number of ether oxygens (including phenoxy) is 3. The van der Waals surface area contributed by atoms with Crippen molar-refractivity contribution in [1.29, 1.82) is 0 Å². The Labute approximate surface area is 196 Å². The number of carbonyl (C=O) groups excluding carboxylic acids is 1. The molecule has 30 heavy (non-hydrogen) atoms. The molecule has 2 N–H and O–H groups in total. The lowest BCUT2D eigenvalue weighted by atomic mass is 9.99. The Hall–Kier alpha value is -1.91. The molecule has 1 aliphatic rings. The molecule has 0 unspecified atom stereocenters. The van der Waals surface area contributed by atoms with E-state index in [0.29, 0.717) is 13.1 Å². The van der Waals surface area contributed by atoms with Gasteiger partial charge in [-0.25, -0.2) is 4.79 Å². The standard InChI is InChI=1S/C21H34N4O4.HI/c1-21(2,3)29-20(26)24-10-7-9-23-19(22-4)25-11-8-15-12-17(27-5)18(28-6)13-16(15)14-25;/h12-13H,7-11,14H2,1-6H3,(H,22,23)(H,24,26);1H. The van der Waals surface area contributed by atoms with E-state index in [4.69, 9.17) is 14.2 Å². The van der Waals surface area contributed by atoms with Gasteiger partial charge in [0, 0.05) is 33.2 Å². The molecule has 1 aromatic rings. The molecule has 0 aromatic heterocycles. The number of guanidine groups is 1. The summed E-state index contributed by atoms with van der Waals surface area (Å²) in [4.78, 5) is 18.3. The molecule has 1 amide bonds. The van der Waals surface area contributed by atoms with Gasteiger partial charge in [0.1, 0.15) is 5.60 Å². The summed E-state index contributed by atoms with van der Waals surface area (Å²) < 4.78 is 16.1. The van der Waals surface area contributed by atoms with Crippen LogP contribution in [0.15, 0.2) is 17.1 Å². The fourth-order valence-corrected chi connectivity index (χ4v) is 3.19. The lowest BCUT2D eigenvalue weighted by molar-refractivity contribution is 0.0527. The molecule has 1 aromatic carbocycles. The largest absolute Gasteiger partial charge is 0.493 e. The number of aliphatic imine (C=N–C) groups is 1. The van der Waals surface area contributed by atoms with Crippen LogP contribution < -0.4 is 20.1 Å². The van der Waals surface area contributed by atoms with Crippen LogP contribution in [-0.4, -0.2) is 63.5 Å². The third-order valence-corrected chi connectivity index (χ3v) is 4.53. The second kappa shape index (κ2) is 12.1. The number of nitrogens with zero attached hydrogens (tertiary/aromatic N) is 2. The molecule has 0 radical (unpaired) electrons. The molecule has 170 valence electrons. The predicted molar refractivity (Wildman–Crippen MR) is 129 cm³/mol. The maximum atomic E-state index is 11.7. The summed E-state index contributed by atoms with van der Waals surface area (Å²) in [6.07, 6.45) is 1.29. The maximum absolute atomic E-state index is 11.7. The van der Waals surface area contributed by atoms with Crippen molar-refractivity contribution in [3.8, 4) is 11.5 Å². The van der Waals surface area contributed by atoms with Crippen molar-refractivity contribution >= 4 is 36.0 Å². The molecule has 0 fully saturated rings. The van der Waals surface area contributed by atoms with Gasteiger partial charge in [-0.15, -0.1) is 24.0 Å². The summed E-state index contributed by atoms with van der Waals surface area (Å²) in [5.74, 6) is 2.35. The van der Waals surface area contributed by atoms with Crippen LogP contribution >= 0.6 is 24.0 Å². The first-order valence-electron chi connectivity index (χ1n) is 9.93. The molecule has 9 heteroatoms. The van der Waals surface area contributed by atoms with Gasteiger partial charge < -0.3 is 29.7 Å². The van der Waals surface area contributed by atoms with Gasteiger partial charge in [0.05, 0.1) is 14.2 Å². The molecule has 0 saturated carbocycles. The Morgan fingerprint density at radius 2 is 1.70 bits per heavy atom. The fourth-order valence-electron chi connectivity index (χ4n) is 3.19. The molecule has 0 atom stereocenters. The van der Waals surface area contributed by atoms with Gasteiger partial charge in [-0.05, 0) is 56.9 Å². The highest BCUT2D eigenvalue weighted by atomic mass is 127. The molecule has 1 heterocycles. The van der Waals surface area contributed by atoms with Crippen molar-refractivity contribution in [3.05, 3.63) is 23.3 Å². The average Bonchev–Trinajstić information content (AvgIpc) is 2.67. The number of alkyl carbamates (subject to hydrolysis) is 1. The number of carbonyl (C=O) groups is 1. The minimum absolute atomic E-state index is 0. The van der Waals surface area contributed by atoms with E-state index in [-0.39, 0.29) is 30.1 Å². The SMILES string of the molecule is CN=C(NCCCNC(=O)OC(C)(C)C)N1CCc2cc(OC)c(OC)cc2C1.I. The quantitative estimate of drug-likeness (QED) is 0.253. The molecular weight excluding hydrogens is 499 g/mol. The van der Waals surface area contributed by atoms with Gasteiger partial charge in [-0.2, -0.15) is 0 Å². The van der Waals surface area contributed by atoms with Crippen LogP contribution in [0.4, 0.5) is 4.79 Å². The Bertz CT molecular complexity index is 734. The Morgan fingerprint density at radius 3 is 2.27 bits per heavy atom. The molecule has 0 bridgehead atoms. The Kier molecular flexibility index (Phi) is 10.5. The van der Waals surface area contributed by atoms with Crippen molar-refractivity contribution in [2.45, 2.75) is 45.8 Å². The maximum Gasteiger partial charge on any atom is 0.407 e. The van der Waals surface area contributed by atoms with E-state index in [1.807, 2.05) is 26.8 Å². The number of fused-ring (bicyclic) bond motifs is 1. The van der Waals surface area contributed by atoms with Crippen molar-refractivity contribution < 1.29 is 19.0 Å². The summed E-state index contributed by atoms with van der Waals surface area (Å²) in [6, 6.07) is 4.10. The zero-order valence-electron chi connectivity index (χ0n) is 18.8. The fraction of sp³-hybridized carbons (Fsp3) is 0.619. The lowest BCUT2D eigenvalue weighted by Crippen LogP contribution is -2.44. The summed E-state index contributed by atoms with van der Waals surface area (Å²) in [5.41, 5.74) is 2.00. The van der Waals surface area contributed by atoms with Gasteiger partial charge in [0.15, 0.2) is 17.5 Å². The van der Waals surface area contributed by atoms with Crippen LogP contribution in [0.5, 0.6) is 11.5 Å². The average molecular weight is 534 g/mol. The first-order valence-corrected chi connectivity index (χ1v) is 9.93. The predicted octanol–water partition coefficient (Wildman–Crippen LogP) is 3.17. The number of rotatable bonds is 6. The van der Waals surface area contributed by atoms with Crippen LogP contribution in [0.3, 0.4) is 0 Å². The topological polar surface area (TPSA) is 84.4 Å². The first-order chi connectivity index (χ1) is 13.8. The third-order valence-electron chi connectivity index (χ3n) is 4.53. The van der Waals surface area contributed by atoms with E-state index in [2.05, 4.69) is 26.6 Å². The molecule has 1 aliphatic heterocycles. The number of halogens is 1. The normalized spacial score (nSPS) is 13.7. The van der Waals surface area contributed by atoms with Gasteiger partial charge in [0.25, 0.3) is 0 Å². The first kappa shape index (κ1) is 26.1. The second-order valence-electron chi connectivity index (χ2n) is 7.90. The van der Waals surface area contributed by atoms with Crippen molar-refractivity contribution in [3.63, 3.8) is 0 Å². The second-order valence-corrected chi connectivity index (χ2v) is 7.90. The number of amides is 1. The minimum Gasteiger partial charge on any atom is -0.493 e. The third kappa shape index (κ3) is 7.73. The van der Waals surface area contributed by atoms with Crippen molar-refractivity contribution in [2.75, 3.05) is 40.9 Å². The van der Waals surface area contributed by atoms with E-state index in [0.717, 1.165) is 43.4 Å². The smallest absolute Gasteiger partial charge is 0.407 e. The highest BCUT2D eigenvalue weighted by molar-refractivity contribution is 14.0. The minimum atomic E-state index is -0.484. The zero-order chi connectivity index (χ0) is 21.4. The highest BCUT2D eigenvalue weighted by Gasteiger charge is 2.21. The summed E-state index contributed by atoms with van der Waals surface area (Å²) in [6.45, 7) is 8.42. The summed E-state index contributed by atoms with van der Waals surface area (Å²) in [5, 5.41) is 6.14. The lowest BCUT2D eigenvalue weighted by Gasteiger charge is -2.32. The van der Waals surface area contributed by atoms with Gasteiger partial charge in [-0.1, -0.05) is 0 Å². The number of nitrogens with one attached hydrogen (secondary N) is 2. The van der Waals surface area contributed by atoms with Crippen LogP contribution in [0, 0.1) is 0 Å². The highest BCUT2D eigenvalue weighted by Crippen LogP contribution is 2.33. The molecular formula is C21H35IN4O4. The van der Waals surface area contributed by atoms with Gasteiger partial charge in [-0.3, -0.25) is 4.99 Å². The van der Waals surface area contributed by atoms with Crippen LogP contribution in [0.25, 0.3) is 0 Å². The van der Waals surface area contributed by atoms with Crippen LogP contribution in [0.2, 0.25) is 0 Å². The summed E-state index contributed by atoms with van der Waals surface area (Å²) in [7, 11) is 5.09. The number of methoxy groups -OCH3 is 2. The van der Waals surface area contributed by atoms with E-state index < -0.39 is 5.60 Å².